The predicted octanol–water partition coefficient (Wildman–Crippen LogP) is 3.53. The molecule has 0 saturated heterocycles. The number of amides is 2. The fourth-order valence-corrected chi connectivity index (χ4v) is 3.76. The summed E-state index contributed by atoms with van der Waals surface area (Å²) in [6.07, 6.45) is 3.12. The van der Waals surface area contributed by atoms with Gasteiger partial charge in [0.05, 0.1) is 7.11 Å². The van der Waals surface area contributed by atoms with Gasteiger partial charge in [0.25, 0.3) is 0 Å². The molecule has 0 aliphatic heterocycles. The first-order valence-corrected chi connectivity index (χ1v) is 11.0. The van der Waals surface area contributed by atoms with Crippen molar-refractivity contribution in [2.45, 2.75) is 71.4 Å². The van der Waals surface area contributed by atoms with Crippen LogP contribution in [0.3, 0.4) is 0 Å². The molecule has 1 unspecified atom stereocenters. The van der Waals surface area contributed by atoms with Gasteiger partial charge in [0.2, 0.25) is 5.91 Å². The van der Waals surface area contributed by atoms with Crippen LogP contribution < -0.4 is 10.6 Å². The summed E-state index contributed by atoms with van der Waals surface area (Å²) < 4.78 is 10.2. The predicted molar refractivity (Wildman–Crippen MR) is 119 cm³/mol. The van der Waals surface area contributed by atoms with Crippen LogP contribution in [0.4, 0.5) is 4.79 Å². The van der Waals surface area contributed by atoms with E-state index in [1.54, 1.807) is 0 Å². The molecule has 2 amide bonds. The minimum absolute atomic E-state index is 0.110. The number of aryl methyl sites for hydroxylation is 1. The molecule has 1 aliphatic rings. The average Bonchev–Trinajstić information content (AvgIpc) is 2.71. The molecule has 0 bridgehead atoms. The van der Waals surface area contributed by atoms with Gasteiger partial charge in [-0.25, -0.2) is 9.59 Å². The van der Waals surface area contributed by atoms with E-state index in [0.717, 1.165) is 36.8 Å². The number of carbonyl (C=O) groups excluding carboxylic acids is 3. The lowest BCUT2D eigenvalue weighted by molar-refractivity contribution is -0.145. The molecule has 0 radical (unpaired) electrons. The maximum absolute atomic E-state index is 12.8. The van der Waals surface area contributed by atoms with Crippen molar-refractivity contribution in [2.24, 2.45) is 11.8 Å². The highest BCUT2D eigenvalue weighted by molar-refractivity contribution is 5.86. The quantitative estimate of drug-likeness (QED) is 0.643. The molecule has 1 saturated carbocycles. The monoisotopic (exact) mass is 432 g/mol. The van der Waals surface area contributed by atoms with Crippen LogP contribution in [0, 0.1) is 18.8 Å². The smallest absolute Gasteiger partial charge is 0.407 e. The Kier molecular flexibility index (Phi) is 8.89. The number of alkyl carbamates (subject to hydrolysis) is 1. The van der Waals surface area contributed by atoms with Crippen LogP contribution in [-0.2, 0) is 25.5 Å². The fraction of sp³-hybridized carbons (Fsp3) is 0.625. The third kappa shape index (κ3) is 8.59. The summed E-state index contributed by atoms with van der Waals surface area (Å²) in [7, 11) is 1.33. The Balaban J connectivity index is 1.82. The summed E-state index contributed by atoms with van der Waals surface area (Å²) >= 11 is 0. The Morgan fingerprint density at radius 3 is 2.23 bits per heavy atom. The van der Waals surface area contributed by atoms with Gasteiger partial charge < -0.3 is 20.1 Å². The van der Waals surface area contributed by atoms with Crippen LogP contribution >= 0.6 is 0 Å². The highest BCUT2D eigenvalue weighted by Gasteiger charge is 2.30. The maximum atomic E-state index is 12.8. The number of hydrogen-bond donors (Lipinski definition) is 2. The van der Waals surface area contributed by atoms with Crippen LogP contribution in [0.5, 0.6) is 0 Å². The van der Waals surface area contributed by atoms with Crippen molar-refractivity contribution in [1.29, 1.82) is 0 Å². The number of rotatable bonds is 7. The lowest BCUT2D eigenvalue weighted by Gasteiger charge is -2.29. The van der Waals surface area contributed by atoms with E-state index in [1.807, 2.05) is 52.0 Å². The molecule has 0 aromatic heterocycles. The largest absolute Gasteiger partial charge is 0.467 e. The Morgan fingerprint density at radius 2 is 1.68 bits per heavy atom. The van der Waals surface area contributed by atoms with Crippen LogP contribution in [0.2, 0.25) is 0 Å². The van der Waals surface area contributed by atoms with Crippen molar-refractivity contribution in [2.75, 3.05) is 13.7 Å². The van der Waals surface area contributed by atoms with Gasteiger partial charge in [-0.1, -0.05) is 29.8 Å². The van der Waals surface area contributed by atoms with Gasteiger partial charge in [-0.05, 0) is 64.9 Å². The maximum Gasteiger partial charge on any atom is 0.407 e. The number of ether oxygens (including phenoxy) is 2. The summed E-state index contributed by atoms with van der Waals surface area (Å²) in [5, 5.41) is 5.70. The lowest BCUT2D eigenvalue weighted by Crippen LogP contribution is -2.46. The molecule has 31 heavy (non-hydrogen) atoms. The fourth-order valence-electron chi connectivity index (χ4n) is 3.76. The molecular formula is C24H36N2O5. The first-order valence-electron chi connectivity index (χ1n) is 11.0. The van der Waals surface area contributed by atoms with E-state index in [-0.39, 0.29) is 11.8 Å². The molecule has 1 aromatic carbocycles. The van der Waals surface area contributed by atoms with Crippen LogP contribution in [-0.4, -0.2) is 43.3 Å². The van der Waals surface area contributed by atoms with Crippen molar-refractivity contribution in [3.05, 3.63) is 35.4 Å². The molecule has 2 N–H and O–H groups in total. The second-order valence-corrected chi connectivity index (χ2v) is 9.37. The summed E-state index contributed by atoms with van der Waals surface area (Å²) in [4.78, 5) is 36.8. The molecule has 1 aliphatic carbocycles. The summed E-state index contributed by atoms with van der Waals surface area (Å²) in [6.45, 7) is 8.04. The van der Waals surface area contributed by atoms with E-state index in [0.29, 0.717) is 18.9 Å². The number of carbonyl (C=O) groups is 3. The number of esters is 1. The summed E-state index contributed by atoms with van der Waals surface area (Å²) in [5.74, 6) is -0.367. The van der Waals surface area contributed by atoms with E-state index in [2.05, 4.69) is 10.6 Å². The molecule has 7 nitrogen and oxygen atoms in total. The molecule has 1 atom stereocenters. The molecule has 2 rings (SSSR count). The number of nitrogens with one attached hydrogen (secondary N) is 2. The SMILES string of the molecule is COC(=O)C(Cc1ccc(C)cc1)NC(=O)C1CCC(CNC(=O)OC(C)(C)C)CC1. The molecule has 1 fully saturated rings. The lowest BCUT2D eigenvalue weighted by atomic mass is 9.81. The number of benzene rings is 1. The highest BCUT2D eigenvalue weighted by Crippen LogP contribution is 2.29. The minimum atomic E-state index is -0.702. The summed E-state index contributed by atoms with van der Waals surface area (Å²) in [5.41, 5.74) is 1.59. The Morgan fingerprint density at radius 1 is 1.06 bits per heavy atom. The van der Waals surface area contributed by atoms with Gasteiger partial charge in [0.1, 0.15) is 11.6 Å². The molecular weight excluding hydrogens is 396 g/mol. The van der Waals surface area contributed by atoms with E-state index >= 15 is 0 Å². The molecule has 0 spiro atoms. The highest BCUT2D eigenvalue weighted by atomic mass is 16.6. The standard InChI is InChI=1S/C24H36N2O5/c1-16-6-8-17(9-7-16)14-20(22(28)30-5)26-21(27)19-12-10-18(11-13-19)15-25-23(29)31-24(2,3)4/h6-9,18-20H,10-15H2,1-5H3,(H,25,29)(H,26,27). The van der Waals surface area contributed by atoms with Gasteiger partial charge >= 0.3 is 12.1 Å². The molecule has 172 valence electrons. The molecule has 0 heterocycles. The zero-order valence-corrected chi connectivity index (χ0v) is 19.3. The van der Waals surface area contributed by atoms with Crippen LogP contribution in [0.1, 0.15) is 57.6 Å². The Hall–Kier alpha value is -2.57. The van der Waals surface area contributed by atoms with Crippen LogP contribution in [0.15, 0.2) is 24.3 Å². The third-order valence-corrected chi connectivity index (χ3v) is 5.51. The van der Waals surface area contributed by atoms with Crippen molar-refractivity contribution in [3.8, 4) is 0 Å². The van der Waals surface area contributed by atoms with Gasteiger partial charge in [-0.2, -0.15) is 0 Å². The second-order valence-electron chi connectivity index (χ2n) is 9.37. The van der Waals surface area contributed by atoms with E-state index in [1.165, 1.54) is 7.11 Å². The topological polar surface area (TPSA) is 93.7 Å². The normalized spacial score (nSPS) is 19.8. The van der Waals surface area contributed by atoms with Crippen molar-refractivity contribution >= 4 is 18.0 Å². The average molecular weight is 433 g/mol. The van der Waals surface area contributed by atoms with Crippen molar-refractivity contribution in [1.82, 2.24) is 10.6 Å². The molecule has 1 aromatic rings. The van der Waals surface area contributed by atoms with Crippen LogP contribution in [0.25, 0.3) is 0 Å². The minimum Gasteiger partial charge on any atom is -0.467 e. The molecule has 7 heteroatoms. The second kappa shape index (κ2) is 11.2. The summed E-state index contributed by atoms with van der Waals surface area (Å²) in [6, 6.07) is 7.18. The third-order valence-electron chi connectivity index (χ3n) is 5.51. The van der Waals surface area contributed by atoms with Crippen molar-refractivity contribution in [3.63, 3.8) is 0 Å². The van der Waals surface area contributed by atoms with Gasteiger partial charge in [0.15, 0.2) is 0 Å². The van der Waals surface area contributed by atoms with Gasteiger partial charge in [-0.3, -0.25) is 4.79 Å². The van der Waals surface area contributed by atoms with Crippen molar-refractivity contribution < 1.29 is 23.9 Å². The van der Waals surface area contributed by atoms with E-state index in [4.69, 9.17) is 9.47 Å². The van der Waals surface area contributed by atoms with E-state index < -0.39 is 23.7 Å². The van der Waals surface area contributed by atoms with Gasteiger partial charge in [0, 0.05) is 18.9 Å². The Labute approximate surface area is 185 Å². The zero-order chi connectivity index (χ0) is 23.0. The number of hydrogen-bond acceptors (Lipinski definition) is 5. The van der Waals surface area contributed by atoms with E-state index in [9.17, 15) is 14.4 Å². The Bertz CT molecular complexity index is 746. The van der Waals surface area contributed by atoms with Gasteiger partial charge in [-0.15, -0.1) is 0 Å². The first kappa shape index (κ1) is 24.7. The zero-order valence-electron chi connectivity index (χ0n) is 19.3. The number of methoxy groups -OCH3 is 1. The first-order chi connectivity index (χ1) is 14.6.